The Hall–Kier alpha value is -2.61. The molecule has 0 spiro atoms. The Morgan fingerprint density at radius 1 is 1.06 bits per heavy atom. The lowest BCUT2D eigenvalue weighted by atomic mass is 10.0. The van der Waals surface area contributed by atoms with E-state index in [1.54, 1.807) is 18.2 Å². The molecule has 1 aliphatic heterocycles. The van der Waals surface area contributed by atoms with E-state index in [9.17, 15) is 17.4 Å². The van der Waals surface area contributed by atoms with Crippen LogP contribution in [0.2, 0.25) is 5.02 Å². The summed E-state index contributed by atoms with van der Waals surface area (Å²) in [5.74, 6) is 0.197. The van der Waals surface area contributed by atoms with Gasteiger partial charge in [0.25, 0.3) is 10.1 Å². The van der Waals surface area contributed by atoms with Gasteiger partial charge < -0.3 is 9.64 Å². The highest BCUT2D eigenvalue weighted by Gasteiger charge is 2.25. The van der Waals surface area contributed by atoms with Crippen LogP contribution in [0.25, 0.3) is 0 Å². The Labute approximate surface area is 185 Å². The number of para-hydroxylation sites is 1. The second-order valence-corrected chi connectivity index (χ2v) is 9.21. The summed E-state index contributed by atoms with van der Waals surface area (Å²) in [6.07, 6.45) is 1.34. The van der Waals surface area contributed by atoms with E-state index in [-0.39, 0.29) is 11.5 Å². The normalized spacial score (nSPS) is 13.7. The molecule has 162 valence electrons. The molecule has 0 bridgehead atoms. The van der Waals surface area contributed by atoms with Crippen molar-refractivity contribution >= 4 is 27.4 Å². The van der Waals surface area contributed by atoms with E-state index < -0.39 is 15.9 Å². The zero-order chi connectivity index (χ0) is 22.0. The molecule has 0 unspecified atom stereocenters. The summed E-state index contributed by atoms with van der Waals surface area (Å²) in [5.41, 5.74) is 2.69. The highest BCUT2D eigenvalue weighted by molar-refractivity contribution is 7.85. The molecule has 1 heterocycles. The minimum atomic E-state index is -4.29. The Balaban J connectivity index is 1.58. The van der Waals surface area contributed by atoms with Gasteiger partial charge in [-0.25, -0.2) is 4.39 Å². The Bertz CT molecular complexity index is 1220. The summed E-state index contributed by atoms with van der Waals surface area (Å²) in [6.45, 7) is 1.28. The predicted molar refractivity (Wildman–Crippen MR) is 118 cm³/mol. The van der Waals surface area contributed by atoms with E-state index in [4.69, 9.17) is 16.3 Å². The van der Waals surface area contributed by atoms with Gasteiger partial charge in [0.05, 0.1) is 4.90 Å². The quantitative estimate of drug-likeness (QED) is 0.507. The minimum absolute atomic E-state index is 0.0440. The van der Waals surface area contributed by atoms with Crippen LogP contribution in [0.3, 0.4) is 0 Å². The minimum Gasteiger partial charge on any atom is -0.488 e. The van der Waals surface area contributed by atoms with Crippen molar-refractivity contribution in [2.45, 2.75) is 30.9 Å². The first kappa shape index (κ1) is 21.6. The molecular formula is C23H21ClFNO4S. The molecule has 0 atom stereocenters. The van der Waals surface area contributed by atoms with Crippen molar-refractivity contribution in [1.82, 2.24) is 0 Å². The van der Waals surface area contributed by atoms with Crippen molar-refractivity contribution in [2.75, 3.05) is 11.4 Å². The van der Waals surface area contributed by atoms with Crippen LogP contribution in [0.1, 0.15) is 23.1 Å². The largest absolute Gasteiger partial charge is 0.488 e. The highest BCUT2D eigenvalue weighted by Crippen LogP contribution is 2.34. The fourth-order valence-corrected chi connectivity index (χ4v) is 4.78. The van der Waals surface area contributed by atoms with Gasteiger partial charge in [-0.1, -0.05) is 41.9 Å². The standard InChI is InChI=1S/C23H21ClFNO4S/c24-18-11-10-17(20(25)13-18)15-30-22-8-2-1-5-16(22)14-26-12-4-6-19-21(26)7-3-9-23(19)31(27,28)29/h1-3,5,7-11,13H,4,6,12,14-15H2,(H,27,28,29). The lowest BCUT2D eigenvalue weighted by Gasteiger charge is -2.32. The molecule has 0 aliphatic carbocycles. The number of halogens is 2. The van der Waals surface area contributed by atoms with Gasteiger partial charge in [-0.05, 0) is 48.7 Å². The average Bonchev–Trinajstić information content (AvgIpc) is 2.73. The summed E-state index contributed by atoms with van der Waals surface area (Å²) in [7, 11) is -4.29. The third-order valence-corrected chi connectivity index (χ3v) is 6.49. The zero-order valence-electron chi connectivity index (χ0n) is 16.6. The van der Waals surface area contributed by atoms with Gasteiger partial charge in [-0.3, -0.25) is 4.55 Å². The molecule has 8 heteroatoms. The Morgan fingerprint density at radius 3 is 2.65 bits per heavy atom. The molecule has 3 aromatic carbocycles. The fourth-order valence-electron chi connectivity index (χ4n) is 3.85. The smallest absolute Gasteiger partial charge is 0.294 e. The molecule has 0 aromatic heterocycles. The lowest BCUT2D eigenvalue weighted by Crippen LogP contribution is -2.30. The predicted octanol–water partition coefficient (Wildman–Crippen LogP) is 5.26. The maximum atomic E-state index is 14.1. The second-order valence-electron chi connectivity index (χ2n) is 7.39. The van der Waals surface area contributed by atoms with Gasteiger partial charge in [0.1, 0.15) is 18.2 Å². The number of fused-ring (bicyclic) bond motifs is 1. The SMILES string of the molecule is O=S(=O)(O)c1cccc2c1CCCN2Cc1ccccc1OCc1ccc(Cl)cc1F. The van der Waals surface area contributed by atoms with E-state index >= 15 is 0 Å². The lowest BCUT2D eigenvalue weighted by molar-refractivity contribution is 0.296. The summed E-state index contributed by atoms with van der Waals surface area (Å²) < 4.78 is 53.1. The summed E-state index contributed by atoms with van der Waals surface area (Å²) in [6, 6.07) is 16.9. The van der Waals surface area contributed by atoms with Gasteiger partial charge >= 0.3 is 0 Å². The van der Waals surface area contributed by atoms with Crippen molar-refractivity contribution in [3.8, 4) is 5.75 Å². The molecule has 4 rings (SSSR count). The number of benzene rings is 3. The number of anilines is 1. The highest BCUT2D eigenvalue weighted by atomic mass is 35.5. The first-order chi connectivity index (χ1) is 14.8. The molecule has 31 heavy (non-hydrogen) atoms. The molecular weight excluding hydrogens is 441 g/mol. The molecule has 5 nitrogen and oxygen atoms in total. The van der Waals surface area contributed by atoms with Crippen LogP contribution in [-0.4, -0.2) is 19.5 Å². The number of nitrogens with zero attached hydrogens (tertiary/aromatic N) is 1. The monoisotopic (exact) mass is 461 g/mol. The average molecular weight is 462 g/mol. The molecule has 0 saturated heterocycles. The van der Waals surface area contributed by atoms with Gasteiger partial charge in [0.15, 0.2) is 0 Å². The molecule has 0 fully saturated rings. The maximum Gasteiger partial charge on any atom is 0.294 e. The topological polar surface area (TPSA) is 66.8 Å². The van der Waals surface area contributed by atoms with E-state index in [0.717, 1.165) is 24.2 Å². The molecule has 3 aromatic rings. The van der Waals surface area contributed by atoms with Crippen LogP contribution in [-0.2, 0) is 29.7 Å². The number of hydrogen-bond acceptors (Lipinski definition) is 4. The van der Waals surface area contributed by atoms with Crippen molar-refractivity contribution in [3.63, 3.8) is 0 Å². The van der Waals surface area contributed by atoms with Crippen molar-refractivity contribution in [1.29, 1.82) is 0 Å². The van der Waals surface area contributed by atoms with Gasteiger partial charge in [0, 0.05) is 34.9 Å². The van der Waals surface area contributed by atoms with Gasteiger partial charge in [-0.15, -0.1) is 0 Å². The van der Waals surface area contributed by atoms with Crippen molar-refractivity contribution in [3.05, 3.63) is 88.2 Å². The first-order valence-electron chi connectivity index (χ1n) is 9.82. The summed E-state index contributed by atoms with van der Waals surface area (Å²) in [5, 5.41) is 0.328. The molecule has 0 saturated carbocycles. The van der Waals surface area contributed by atoms with Crippen LogP contribution in [0.5, 0.6) is 5.75 Å². The van der Waals surface area contributed by atoms with Crippen LogP contribution in [0.4, 0.5) is 10.1 Å². The molecule has 0 amide bonds. The summed E-state index contributed by atoms with van der Waals surface area (Å²) in [4.78, 5) is 2.02. The molecule has 1 N–H and O–H groups in total. The van der Waals surface area contributed by atoms with Crippen LogP contribution < -0.4 is 9.64 Å². The fraction of sp³-hybridized carbons (Fsp3) is 0.217. The van der Waals surface area contributed by atoms with Crippen LogP contribution >= 0.6 is 11.6 Å². The van der Waals surface area contributed by atoms with Gasteiger partial charge in [0.2, 0.25) is 0 Å². The van der Waals surface area contributed by atoms with E-state index in [1.807, 2.05) is 30.3 Å². The molecule has 1 aliphatic rings. The first-order valence-corrected chi connectivity index (χ1v) is 11.6. The summed E-state index contributed by atoms with van der Waals surface area (Å²) >= 11 is 5.81. The molecule has 0 radical (unpaired) electrons. The van der Waals surface area contributed by atoms with Crippen LogP contribution in [0, 0.1) is 5.82 Å². The third kappa shape index (κ3) is 4.84. The maximum absolute atomic E-state index is 14.1. The van der Waals surface area contributed by atoms with E-state index in [2.05, 4.69) is 4.90 Å². The number of hydrogen-bond donors (Lipinski definition) is 1. The Morgan fingerprint density at radius 2 is 1.87 bits per heavy atom. The third-order valence-electron chi connectivity index (χ3n) is 5.31. The van der Waals surface area contributed by atoms with Crippen molar-refractivity contribution < 1.29 is 22.1 Å². The Kier molecular flexibility index (Phi) is 6.18. The number of rotatable bonds is 6. The van der Waals surface area contributed by atoms with Gasteiger partial charge in [-0.2, -0.15) is 8.42 Å². The zero-order valence-corrected chi connectivity index (χ0v) is 18.2. The van der Waals surface area contributed by atoms with Crippen molar-refractivity contribution in [2.24, 2.45) is 0 Å². The van der Waals surface area contributed by atoms with Crippen LogP contribution in [0.15, 0.2) is 65.6 Å². The van der Waals surface area contributed by atoms with E-state index in [0.29, 0.717) is 34.9 Å². The van der Waals surface area contributed by atoms with E-state index in [1.165, 1.54) is 12.1 Å². The second kappa shape index (κ2) is 8.86. The number of ether oxygens (including phenoxy) is 1.